The third-order valence-corrected chi connectivity index (χ3v) is 8.15. The maximum atomic E-state index is 14.2. The van der Waals surface area contributed by atoms with Crippen molar-refractivity contribution in [3.05, 3.63) is 23.8 Å². The first-order valence-electron chi connectivity index (χ1n) is 13.8. The summed E-state index contributed by atoms with van der Waals surface area (Å²) in [7, 11) is 1.63. The molecule has 1 aliphatic heterocycles. The predicted molar refractivity (Wildman–Crippen MR) is 138 cm³/mol. The zero-order valence-corrected chi connectivity index (χ0v) is 22.1. The van der Waals surface area contributed by atoms with Crippen LogP contribution in [0.2, 0.25) is 0 Å². The lowest BCUT2D eigenvalue weighted by Crippen LogP contribution is -2.61. The summed E-state index contributed by atoms with van der Waals surface area (Å²) in [5, 5.41) is 0. The van der Waals surface area contributed by atoms with E-state index in [0.717, 1.165) is 56.9 Å². The minimum absolute atomic E-state index is 0.0169. The van der Waals surface area contributed by atoms with E-state index in [1.54, 1.807) is 7.11 Å². The summed E-state index contributed by atoms with van der Waals surface area (Å²) >= 11 is 0. The number of hydrogen-bond acceptors (Lipinski definition) is 4. The molecule has 6 heteroatoms. The monoisotopic (exact) mass is 484 g/mol. The first-order valence-corrected chi connectivity index (χ1v) is 13.8. The molecule has 4 rings (SSSR count). The fourth-order valence-electron chi connectivity index (χ4n) is 6.22. The highest BCUT2D eigenvalue weighted by molar-refractivity contribution is 5.96. The van der Waals surface area contributed by atoms with E-state index in [1.165, 1.54) is 19.3 Å². The van der Waals surface area contributed by atoms with Crippen molar-refractivity contribution >= 4 is 11.8 Å². The van der Waals surface area contributed by atoms with Gasteiger partial charge in [-0.15, -0.1) is 0 Å². The van der Waals surface area contributed by atoms with E-state index in [0.29, 0.717) is 17.4 Å². The number of methoxy groups -OCH3 is 1. The van der Waals surface area contributed by atoms with E-state index < -0.39 is 6.04 Å². The second kappa shape index (κ2) is 11.7. The van der Waals surface area contributed by atoms with Gasteiger partial charge in [-0.1, -0.05) is 45.1 Å². The lowest BCUT2D eigenvalue weighted by Gasteiger charge is -2.48. The molecule has 1 heterocycles. The van der Waals surface area contributed by atoms with E-state index in [1.807, 2.05) is 41.8 Å². The van der Waals surface area contributed by atoms with Crippen molar-refractivity contribution in [3.8, 4) is 11.5 Å². The maximum absolute atomic E-state index is 14.2. The van der Waals surface area contributed by atoms with Crippen LogP contribution in [0.5, 0.6) is 11.5 Å². The largest absolute Gasteiger partial charge is 0.493 e. The Kier molecular flexibility index (Phi) is 8.61. The fraction of sp³-hybridized carbons (Fsp3) is 0.724. The lowest BCUT2D eigenvalue weighted by atomic mass is 9.85. The second-order valence-electron chi connectivity index (χ2n) is 11.2. The lowest BCUT2D eigenvalue weighted by molar-refractivity contribution is -0.162. The van der Waals surface area contributed by atoms with Gasteiger partial charge in [0, 0.05) is 12.1 Å². The number of ether oxygens (including phenoxy) is 2. The van der Waals surface area contributed by atoms with Gasteiger partial charge >= 0.3 is 0 Å². The molecular formula is C29H44N2O4. The zero-order chi connectivity index (χ0) is 24.9. The summed E-state index contributed by atoms with van der Waals surface area (Å²) in [5.41, 5.74) is 0.826. The number of carbonyl (C=O) groups is 2. The van der Waals surface area contributed by atoms with E-state index in [9.17, 15) is 9.59 Å². The van der Waals surface area contributed by atoms with Crippen LogP contribution >= 0.6 is 0 Å². The number of rotatable bonds is 6. The molecule has 2 amide bonds. The van der Waals surface area contributed by atoms with E-state index in [-0.39, 0.29) is 36.5 Å². The number of amides is 2. The van der Waals surface area contributed by atoms with Crippen molar-refractivity contribution in [2.75, 3.05) is 13.7 Å². The molecule has 1 aromatic rings. The molecule has 1 atom stereocenters. The molecule has 1 aromatic carbocycles. The molecule has 35 heavy (non-hydrogen) atoms. The topological polar surface area (TPSA) is 59.1 Å². The normalized spacial score (nSPS) is 27.1. The minimum atomic E-state index is -0.595. The molecule has 194 valence electrons. The van der Waals surface area contributed by atoms with Gasteiger partial charge in [0.2, 0.25) is 5.91 Å². The standard InChI is InChI=1S/C29H44N2O4/c1-20(2)35-25-17-14-22(18-26(25)34-4)28-29(33)30(23-15-12-21(3)13-16-23)19-27(32)31(28)24-10-8-6-5-7-9-11-24/h14,17-18,20-21,23-24,28H,5-13,15-16,19H2,1-4H3/t21?,23?,28-/m1/s1. The molecular weight excluding hydrogens is 440 g/mol. The molecule has 0 unspecified atom stereocenters. The van der Waals surface area contributed by atoms with Crippen molar-refractivity contribution in [1.29, 1.82) is 0 Å². The molecule has 0 radical (unpaired) electrons. The van der Waals surface area contributed by atoms with E-state index >= 15 is 0 Å². The highest BCUT2D eigenvalue weighted by Gasteiger charge is 2.45. The summed E-state index contributed by atoms with van der Waals surface area (Å²) in [4.78, 5) is 31.8. The summed E-state index contributed by atoms with van der Waals surface area (Å²) < 4.78 is 11.6. The minimum Gasteiger partial charge on any atom is -0.493 e. The fourth-order valence-corrected chi connectivity index (χ4v) is 6.22. The van der Waals surface area contributed by atoms with Crippen molar-refractivity contribution in [1.82, 2.24) is 9.80 Å². The van der Waals surface area contributed by atoms with Crippen LogP contribution in [0.3, 0.4) is 0 Å². The first kappa shape index (κ1) is 25.8. The molecule has 2 saturated carbocycles. The Morgan fingerprint density at radius 2 is 1.51 bits per heavy atom. The molecule has 0 bridgehead atoms. The summed E-state index contributed by atoms with van der Waals surface area (Å²) in [6.07, 6.45) is 12.1. The van der Waals surface area contributed by atoms with Gasteiger partial charge in [0.25, 0.3) is 5.91 Å². The third kappa shape index (κ3) is 5.95. The van der Waals surface area contributed by atoms with Crippen LogP contribution in [0.4, 0.5) is 0 Å². The SMILES string of the molecule is COc1cc([C@@H]2C(=O)N(C3CCC(C)CC3)CC(=O)N2C2CCCCCCC2)ccc1OC(C)C. The first-order chi connectivity index (χ1) is 16.9. The number of carbonyl (C=O) groups excluding carboxylic acids is 2. The van der Waals surface area contributed by atoms with Gasteiger partial charge in [0.05, 0.1) is 13.2 Å². The highest BCUT2D eigenvalue weighted by atomic mass is 16.5. The zero-order valence-electron chi connectivity index (χ0n) is 22.1. The quantitative estimate of drug-likeness (QED) is 0.505. The number of nitrogens with zero attached hydrogens (tertiary/aromatic N) is 2. The molecule has 0 N–H and O–H groups in total. The summed E-state index contributed by atoms with van der Waals surface area (Å²) in [6, 6.07) is 5.44. The van der Waals surface area contributed by atoms with Crippen LogP contribution in [0.25, 0.3) is 0 Å². The molecule has 3 aliphatic rings. The number of piperazine rings is 1. The van der Waals surface area contributed by atoms with Crippen LogP contribution in [-0.4, -0.2) is 53.5 Å². The Morgan fingerprint density at radius 3 is 2.14 bits per heavy atom. The van der Waals surface area contributed by atoms with Crippen LogP contribution < -0.4 is 9.47 Å². The summed E-state index contributed by atoms with van der Waals surface area (Å²) in [6.45, 7) is 6.47. The van der Waals surface area contributed by atoms with Gasteiger partial charge in [-0.2, -0.15) is 0 Å². The molecule has 2 aliphatic carbocycles. The van der Waals surface area contributed by atoms with E-state index in [4.69, 9.17) is 9.47 Å². The molecule has 0 spiro atoms. The smallest absolute Gasteiger partial charge is 0.250 e. The van der Waals surface area contributed by atoms with Gasteiger partial charge in [0.1, 0.15) is 12.6 Å². The van der Waals surface area contributed by atoms with Crippen LogP contribution in [0.15, 0.2) is 18.2 Å². The van der Waals surface area contributed by atoms with Gasteiger partial charge in [0.15, 0.2) is 11.5 Å². The Balaban J connectivity index is 1.69. The molecule has 6 nitrogen and oxygen atoms in total. The van der Waals surface area contributed by atoms with Crippen molar-refractivity contribution in [2.45, 2.75) is 116 Å². The second-order valence-corrected chi connectivity index (χ2v) is 11.2. The molecule has 0 aromatic heterocycles. The van der Waals surface area contributed by atoms with Gasteiger partial charge in [-0.3, -0.25) is 9.59 Å². The van der Waals surface area contributed by atoms with Crippen LogP contribution in [0, 0.1) is 5.92 Å². The molecule has 1 saturated heterocycles. The van der Waals surface area contributed by atoms with Crippen molar-refractivity contribution in [3.63, 3.8) is 0 Å². The third-order valence-electron chi connectivity index (χ3n) is 8.15. The van der Waals surface area contributed by atoms with Gasteiger partial charge in [-0.25, -0.2) is 0 Å². The van der Waals surface area contributed by atoms with Gasteiger partial charge < -0.3 is 19.3 Å². The predicted octanol–water partition coefficient (Wildman–Crippen LogP) is 5.89. The van der Waals surface area contributed by atoms with E-state index in [2.05, 4.69) is 6.92 Å². The Hall–Kier alpha value is -2.24. The Labute approximate surface area is 211 Å². The average molecular weight is 485 g/mol. The molecule has 3 fully saturated rings. The van der Waals surface area contributed by atoms with Crippen LogP contribution in [-0.2, 0) is 9.59 Å². The Morgan fingerprint density at radius 1 is 0.857 bits per heavy atom. The van der Waals surface area contributed by atoms with Crippen molar-refractivity contribution in [2.24, 2.45) is 5.92 Å². The highest BCUT2D eigenvalue weighted by Crippen LogP contribution is 2.39. The summed E-state index contributed by atoms with van der Waals surface area (Å²) in [5.74, 6) is 2.14. The maximum Gasteiger partial charge on any atom is 0.250 e. The number of hydrogen-bond donors (Lipinski definition) is 0. The van der Waals surface area contributed by atoms with Crippen molar-refractivity contribution < 1.29 is 19.1 Å². The average Bonchev–Trinajstić information content (AvgIpc) is 2.81. The number of benzene rings is 1. The van der Waals surface area contributed by atoms with Gasteiger partial charge in [-0.05, 0) is 76.0 Å². The Bertz CT molecular complexity index is 869. The van der Waals surface area contributed by atoms with Crippen LogP contribution in [0.1, 0.15) is 103 Å².